The lowest BCUT2D eigenvalue weighted by atomic mass is 10.4. The number of hydrogen-bond donors (Lipinski definition) is 1. The van der Waals surface area contributed by atoms with Crippen molar-refractivity contribution in [1.29, 1.82) is 0 Å². The minimum absolute atomic E-state index is 0.757. The van der Waals surface area contributed by atoms with Crippen LogP contribution in [0.15, 0.2) is 0 Å². The molecule has 1 N–H and O–H groups in total. The summed E-state index contributed by atoms with van der Waals surface area (Å²) in [6.07, 6.45) is -4.15. The van der Waals surface area contributed by atoms with Crippen molar-refractivity contribution in [3.05, 3.63) is 0 Å². The lowest BCUT2D eigenvalue weighted by molar-refractivity contribution is -0.433. The Morgan fingerprint density at radius 3 is 2.08 bits per heavy atom. The Morgan fingerprint density at radius 1 is 1.25 bits per heavy atom. The molecule has 0 rings (SSSR count). The Hall–Kier alpha value is -0.120. The lowest BCUT2D eigenvalue weighted by Crippen LogP contribution is -2.35. The van der Waals surface area contributed by atoms with Gasteiger partial charge in [-0.2, -0.15) is 8.78 Å². The zero-order valence-corrected chi connectivity index (χ0v) is 6.03. The third-order valence-corrected chi connectivity index (χ3v) is 1.37. The lowest BCUT2D eigenvalue weighted by Gasteiger charge is -2.16. The molecule has 0 saturated heterocycles. The molecule has 0 aliphatic carbocycles. The second-order valence-electron chi connectivity index (χ2n) is 1.53. The van der Waals surface area contributed by atoms with Gasteiger partial charge in [0.15, 0.2) is 0 Å². The predicted molar refractivity (Wildman–Crippen MR) is 28.2 cm³/mol. The summed E-state index contributed by atoms with van der Waals surface area (Å²) in [6, 6.07) is 0. The van der Waals surface area contributed by atoms with Crippen LogP contribution in [0.2, 0.25) is 0 Å². The van der Waals surface area contributed by atoms with E-state index in [0.29, 0.717) is 0 Å². The van der Waals surface area contributed by atoms with Gasteiger partial charge in [-0.15, -0.1) is 4.33 Å². The van der Waals surface area contributed by atoms with Crippen LogP contribution in [0.3, 0.4) is 0 Å². The summed E-state index contributed by atoms with van der Waals surface area (Å²) >= 11 is -0.757. The van der Waals surface area contributed by atoms with Gasteiger partial charge >= 0.3 is 12.3 Å². The van der Waals surface area contributed by atoms with Crippen molar-refractivity contribution in [3.63, 3.8) is 0 Å². The van der Waals surface area contributed by atoms with E-state index in [1.54, 1.807) is 0 Å². The Morgan fingerprint density at radius 2 is 1.75 bits per heavy atom. The third-order valence-electron chi connectivity index (χ3n) is 0.748. The van der Waals surface area contributed by atoms with Gasteiger partial charge in [-0.1, -0.05) is 5.04 Å². The first-order valence-electron chi connectivity index (χ1n) is 2.36. The van der Waals surface area contributed by atoms with Gasteiger partial charge in [0.2, 0.25) is 5.50 Å². The van der Waals surface area contributed by atoms with Gasteiger partial charge in [0.25, 0.3) is 0 Å². The summed E-state index contributed by atoms with van der Waals surface area (Å²) in [5.41, 5.74) is -3.32. The van der Waals surface area contributed by atoms with Crippen molar-refractivity contribution >= 4 is 12.0 Å². The molecule has 0 amide bonds. The normalized spacial score (nSPS) is 15.2. The van der Waals surface area contributed by atoms with Crippen LogP contribution in [0, 0.1) is 0 Å². The molecule has 0 heterocycles. The monoisotopic (exact) mass is 214 g/mol. The smallest absolute Gasteiger partial charge is 0.226 e. The molecule has 0 saturated carbocycles. The molecule has 1 unspecified atom stereocenters. The SMILES string of the molecule is OOOSC(F)C(F)(F)C(F)F. The molecule has 0 fully saturated rings. The van der Waals surface area contributed by atoms with Gasteiger partial charge in [-0.05, 0) is 0 Å². The summed E-state index contributed by atoms with van der Waals surface area (Å²) in [7, 11) is 0. The molecule has 0 bridgehead atoms. The van der Waals surface area contributed by atoms with Crippen molar-refractivity contribution in [3.8, 4) is 0 Å². The summed E-state index contributed by atoms with van der Waals surface area (Å²) in [4.78, 5) is 0. The summed E-state index contributed by atoms with van der Waals surface area (Å²) in [6.45, 7) is 0. The average molecular weight is 214 g/mol. The van der Waals surface area contributed by atoms with Crippen LogP contribution in [0.4, 0.5) is 22.0 Å². The van der Waals surface area contributed by atoms with Crippen molar-refractivity contribution in [2.75, 3.05) is 0 Å². The van der Waals surface area contributed by atoms with Crippen LogP contribution < -0.4 is 0 Å². The zero-order valence-electron chi connectivity index (χ0n) is 5.22. The summed E-state index contributed by atoms with van der Waals surface area (Å²) < 4.78 is 61.7. The number of hydrogen-bond acceptors (Lipinski definition) is 4. The van der Waals surface area contributed by atoms with Crippen molar-refractivity contribution in [2.45, 2.75) is 17.9 Å². The number of halogens is 5. The fourth-order valence-corrected chi connectivity index (χ4v) is 0.551. The molecule has 12 heavy (non-hydrogen) atoms. The minimum Gasteiger partial charge on any atom is -0.226 e. The Kier molecular flexibility index (Phi) is 4.75. The van der Waals surface area contributed by atoms with Crippen LogP contribution >= 0.6 is 12.0 Å². The predicted octanol–water partition coefficient (Wildman–Crippen LogP) is 2.25. The van der Waals surface area contributed by atoms with Crippen molar-refractivity contribution < 1.29 is 36.6 Å². The largest absolute Gasteiger partial charge is 0.349 e. The van der Waals surface area contributed by atoms with Gasteiger partial charge < -0.3 is 0 Å². The van der Waals surface area contributed by atoms with Gasteiger partial charge in [0.05, 0.1) is 12.0 Å². The standard InChI is InChI=1S/C3H3F5O3S/c4-1(5)3(7,8)2(6)12-11-10-9/h1-2,9H. The van der Waals surface area contributed by atoms with E-state index in [0.717, 1.165) is 0 Å². The molecule has 0 aromatic carbocycles. The second-order valence-corrected chi connectivity index (χ2v) is 2.27. The third kappa shape index (κ3) is 3.09. The average Bonchev–Trinajstić information content (AvgIpc) is 1.99. The summed E-state index contributed by atoms with van der Waals surface area (Å²) in [5, 5.41) is 10.1. The molecule has 0 aliphatic rings. The Bertz CT molecular complexity index is 133. The van der Waals surface area contributed by atoms with Gasteiger partial charge in [0.1, 0.15) is 0 Å². The summed E-state index contributed by atoms with van der Waals surface area (Å²) in [5.74, 6) is -4.84. The van der Waals surface area contributed by atoms with E-state index in [1.807, 2.05) is 0 Å². The molecule has 0 aromatic heterocycles. The maximum absolute atomic E-state index is 12.0. The van der Waals surface area contributed by atoms with Gasteiger partial charge in [-0.25, -0.2) is 18.4 Å². The first kappa shape index (κ1) is 11.9. The molecule has 0 aliphatic heterocycles. The quantitative estimate of drug-likeness (QED) is 0.329. The fraction of sp³-hybridized carbons (Fsp3) is 1.00. The zero-order chi connectivity index (χ0) is 9.78. The van der Waals surface area contributed by atoms with Crippen molar-refractivity contribution in [2.24, 2.45) is 0 Å². The maximum Gasteiger partial charge on any atom is 0.349 e. The molecule has 74 valence electrons. The van der Waals surface area contributed by atoms with E-state index >= 15 is 0 Å². The fourth-order valence-electron chi connectivity index (χ4n) is 0.215. The van der Waals surface area contributed by atoms with Gasteiger partial charge in [-0.3, -0.25) is 0 Å². The highest BCUT2D eigenvalue weighted by Gasteiger charge is 2.51. The highest BCUT2D eigenvalue weighted by atomic mass is 32.2. The highest BCUT2D eigenvalue weighted by Crippen LogP contribution is 2.35. The molecule has 3 nitrogen and oxygen atoms in total. The van der Waals surface area contributed by atoms with Crippen LogP contribution in [-0.2, 0) is 9.37 Å². The van der Waals surface area contributed by atoms with Crippen LogP contribution in [0.5, 0.6) is 0 Å². The topological polar surface area (TPSA) is 38.7 Å². The van der Waals surface area contributed by atoms with E-state index in [1.165, 1.54) is 0 Å². The molecule has 9 heteroatoms. The Balaban J connectivity index is 3.97. The van der Waals surface area contributed by atoms with Crippen LogP contribution in [0.25, 0.3) is 0 Å². The van der Waals surface area contributed by atoms with Crippen LogP contribution in [0.1, 0.15) is 0 Å². The molecule has 0 radical (unpaired) electrons. The molecular formula is C3H3F5O3S. The van der Waals surface area contributed by atoms with Gasteiger partial charge in [0, 0.05) is 0 Å². The van der Waals surface area contributed by atoms with E-state index < -0.39 is 29.9 Å². The van der Waals surface area contributed by atoms with Crippen molar-refractivity contribution in [1.82, 2.24) is 0 Å². The van der Waals surface area contributed by atoms with E-state index in [9.17, 15) is 22.0 Å². The minimum atomic E-state index is -4.84. The Labute approximate surface area is 67.5 Å². The van der Waals surface area contributed by atoms with E-state index in [4.69, 9.17) is 5.26 Å². The molecule has 0 spiro atoms. The first-order chi connectivity index (χ1) is 5.42. The maximum atomic E-state index is 12.0. The number of alkyl halides is 5. The van der Waals surface area contributed by atoms with E-state index in [2.05, 4.69) is 9.37 Å². The van der Waals surface area contributed by atoms with E-state index in [-0.39, 0.29) is 0 Å². The first-order valence-corrected chi connectivity index (χ1v) is 3.17. The highest BCUT2D eigenvalue weighted by molar-refractivity contribution is 7.95. The van der Waals surface area contributed by atoms with Crippen LogP contribution in [-0.4, -0.2) is 23.1 Å². The second kappa shape index (κ2) is 4.80. The molecule has 0 aromatic rings. The number of rotatable bonds is 5. The molecule has 1 atom stereocenters. The molecular weight excluding hydrogens is 211 g/mol.